The van der Waals surface area contributed by atoms with Crippen LogP contribution in [-0.2, 0) is 4.79 Å². The van der Waals surface area contributed by atoms with Gasteiger partial charge in [-0.15, -0.1) is 0 Å². The standard InChI is InChI=1S/C20H24N4O3/c1-4-24(5-2)19(25)14-27-18-10-8-16(9-11-18)15(3)22-23-20(26)17-7-6-12-21-13-17/h6-13H,4-5,14H2,1-3H3,(H,23,26)/b22-15-. The zero-order valence-electron chi connectivity index (χ0n) is 15.8. The molecule has 0 bridgehead atoms. The van der Waals surface area contributed by atoms with Gasteiger partial charge in [-0.05, 0) is 62.7 Å². The zero-order valence-corrected chi connectivity index (χ0v) is 15.8. The van der Waals surface area contributed by atoms with Crippen LogP contribution in [0.4, 0.5) is 0 Å². The van der Waals surface area contributed by atoms with Crippen LogP contribution in [0.5, 0.6) is 5.75 Å². The van der Waals surface area contributed by atoms with Crippen LogP contribution in [0.15, 0.2) is 53.9 Å². The first-order valence-corrected chi connectivity index (χ1v) is 8.80. The molecule has 1 heterocycles. The average Bonchev–Trinajstić information content (AvgIpc) is 2.72. The number of ether oxygens (including phenoxy) is 1. The van der Waals surface area contributed by atoms with Crippen LogP contribution in [-0.4, -0.2) is 47.1 Å². The van der Waals surface area contributed by atoms with Crippen LogP contribution in [0.1, 0.15) is 36.7 Å². The van der Waals surface area contributed by atoms with E-state index in [9.17, 15) is 9.59 Å². The number of rotatable bonds is 8. The molecule has 0 spiro atoms. The highest BCUT2D eigenvalue weighted by atomic mass is 16.5. The maximum Gasteiger partial charge on any atom is 0.272 e. The molecular weight excluding hydrogens is 344 g/mol. The number of pyridine rings is 1. The summed E-state index contributed by atoms with van der Waals surface area (Å²) in [4.78, 5) is 29.6. The molecular formula is C20H24N4O3. The van der Waals surface area contributed by atoms with Crippen molar-refractivity contribution < 1.29 is 14.3 Å². The molecule has 2 amide bonds. The van der Waals surface area contributed by atoms with E-state index in [0.29, 0.717) is 30.1 Å². The van der Waals surface area contributed by atoms with Crippen molar-refractivity contribution in [2.24, 2.45) is 5.10 Å². The second kappa shape index (κ2) is 10.1. The normalized spacial score (nSPS) is 11.0. The monoisotopic (exact) mass is 368 g/mol. The van der Waals surface area contributed by atoms with Crippen molar-refractivity contribution in [2.45, 2.75) is 20.8 Å². The summed E-state index contributed by atoms with van der Waals surface area (Å²) in [7, 11) is 0. The Kier molecular flexibility index (Phi) is 7.49. The molecule has 0 aliphatic heterocycles. The molecule has 7 heteroatoms. The van der Waals surface area contributed by atoms with Crippen molar-refractivity contribution in [2.75, 3.05) is 19.7 Å². The minimum atomic E-state index is -0.322. The van der Waals surface area contributed by atoms with Gasteiger partial charge in [0.15, 0.2) is 6.61 Å². The van der Waals surface area contributed by atoms with Crippen LogP contribution < -0.4 is 10.2 Å². The summed E-state index contributed by atoms with van der Waals surface area (Å²) in [5, 5.41) is 4.11. The number of hydrazone groups is 1. The summed E-state index contributed by atoms with van der Waals surface area (Å²) < 4.78 is 5.54. The van der Waals surface area contributed by atoms with Crippen molar-refractivity contribution in [1.82, 2.24) is 15.3 Å². The number of hydrogen-bond acceptors (Lipinski definition) is 5. The highest BCUT2D eigenvalue weighted by Gasteiger charge is 2.10. The fraction of sp³-hybridized carbons (Fsp3) is 0.300. The van der Waals surface area contributed by atoms with Gasteiger partial charge < -0.3 is 9.64 Å². The number of carbonyl (C=O) groups is 2. The van der Waals surface area contributed by atoms with Crippen LogP contribution in [0.2, 0.25) is 0 Å². The lowest BCUT2D eigenvalue weighted by Gasteiger charge is -2.18. The highest BCUT2D eigenvalue weighted by molar-refractivity contribution is 6.00. The summed E-state index contributed by atoms with van der Waals surface area (Å²) in [5.74, 6) is 0.240. The first kappa shape index (κ1) is 20.1. The van der Waals surface area contributed by atoms with Gasteiger partial charge in [-0.3, -0.25) is 14.6 Å². The molecule has 0 unspecified atom stereocenters. The number of amides is 2. The summed E-state index contributed by atoms with van der Waals surface area (Å²) in [6.07, 6.45) is 3.08. The maximum absolute atomic E-state index is 12.0. The van der Waals surface area contributed by atoms with E-state index in [0.717, 1.165) is 5.56 Å². The van der Waals surface area contributed by atoms with Gasteiger partial charge >= 0.3 is 0 Å². The third-order valence-corrected chi connectivity index (χ3v) is 4.00. The third-order valence-electron chi connectivity index (χ3n) is 4.00. The molecule has 1 N–H and O–H groups in total. The van der Waals surface area contributed by atoms with E-state index < -0.39 is 0 Å². The summed E-state index contributed by atoms with van der Waals surface area (Å²) in [6.45, 7) is 7.01. The second-order valence-corrected chi connectivity index (χ2v) is 5.76. The molecule has 0 saturated carbocycles. The molecule has 1 aromatic heterocycles. The van der Waals surface area contributed by atoms with Crippen molar-refractivity contribution in [3.05, 3.63) is 59.9 Å². The fourth-order valence-corrected chi connectivity index (χ4v) is 2.37. The molecule has 0 radical (unpaired) electrons. The first-order valence-electron chi connectivity index (χ1n) is 8.80. The SMILES string of the molecule is CCN(CC)C(=O)COc1ccc(/C(C)=N\NC(=O)c2cccnc2)cc1. The predicted molar refractivity (Wildman–Crippen MR) is 104 cm³/mol. The molecule has 142 valence electrons. The van der Waals surface area contributed by atoms with Crippen molar-refractivity contribution >= 4 is 17.5 Å². The number of hydrogen-bond donors (Lipinski definition) is 1. The summed E-state index contributed by atoms with van der Waals surface area (Å²) in [6, 6.07) is 10.5. The molecule has 1 aromatic carbocycles. The third kappa shape index (κ3) is 5.91. The molecule has 2 aromatic rings. The Morgan fingerprint density at radius 2 is 1.81 bits per heavy atom. The highest BCUT2D eigenvalue weighted by Crippen LogP contribution is 2.13. The Hall–Kier alpha value is -3.22. The van der Waals surface area contributed by atoms with Crippen LogP contribution in [0, 0.1) is 0 Å². The van der Waals surface area contributed by atoms with Gasteiger partial charge in [0.25, 0.3) is 11.8 Å². The predicted octanol–water partition coefficient (Wildman–Crippen LogP) is 2.48. The Bertz CT molecular complexity index is 785. The maximum atomic E-state index is 12.0. The number of aromatic nitrogens is 1. The number of likely N-dealkylation sites (N-methyl/N-ethyl adjacent to an activating group) is 1. The summed E-state index contributed by atoms with van der Waals surface area (Å²) in [5.41, 5.74) is 4.43. The molecule has 2 rings (SSSR count). The first-order chi connectivity index (χ1) is 13.0. The minimum absolute atomic E-state index is 0.00919. The van der Waals surface area contributed by atoms with Crippen molar-refractivity contribution in [1.29, 1.82) is 0 Å². The fourth-order valence-electron chi connectivity index (χ4n) is 2.37. The number of nitrogens with one attached hydrogen (secondary N) is 1. The van der Waals surface area contributed by atoms with Gasteiger partial charge in [0, 0.05) is 25.5 Å². The quantitative estimate of drug-likeness (QED) is 0.573. The molecule has 0 saturated heterocycles. The van der Waals surface area contributed by atoms with Gasteiger partial charge in [0.2, 0.25) is 0 Å². The second-order valence-electron chi connectivity index (χ2n) is 5.76. The Balaban J connectivity index is 1.92. The van der Waals surface area contributed by atoms with Crippen molar-refractivity contribution in [3.63, 3.8) is 0 Å². The summed E-state index contributed by atoms with van der Waals surface area (Å²) >= 11 is 0. The lowest BCUT2D eigenvalue weighted by atomic mass is 10.1. The number of benzene rings is 1. The lowest BCUT2D eigenvalue weighted by molar-refractivity contribution is -0.132. The molecule has 0 atom stereocenters. The van der Waals surface area contributed by atoms with Gasteiger partial charge in [0.05, 0.1) is 11.3 Å². The molecule has 27 heavy (non-hydrogen) atoms. The number of nitrogens with zero attached hydrogens (tertiary/aromatic N) is 3. The molecule has 0 aliphatic carbocycles. The number of carbonyl (C=O) groups excluding carboxylic acids is 2. The van der Waals surface area contributed by atoms with Crippen LogP contribution >= 0.6 is 0 Å². The van der Waals surface area contributed by atoms with E-state index in [1.807, 2.05) is 26.0 Å². The molecule has 0 fully saturated rings. The van der Waals surface area contributed by atoms with Crippen molar-refractivity contribution in [3.8, 4) is 5.75 Å². The van der Waals surface area contributed by atoms with E-state index in [4.69, 9.17) is 4.74 Å². The lowest BCUT2D eigenvalue weighted by Crippen LogP contribution is -2.34. The minimum Gasteiger partial charge on any atom is -0.484 e. The topological polar surface area (TPSA) is 83.9 Å². The van der Waals surface area contributed by atoms with Crippen LogP contribution in [0.25, 0.3) is 0 Å². The zero-order chi connectivity index (χ0) is 19.6. The van der Waals surface area contributed by atoms with E-state index in [-0.39, 0.29) is 18.4 Å². The molecule has 7 nitrogen and oxygen atoms in total. The smallest absolute Gasteiger partial charge is 0.272 e. The van der Waals surface area contributed by atoms with Gasteiger partial charge in [-0.2, -0.15) is 5.10 Å². The van der Waals surface area contributed by atoms with Gasteiger partial charge in [-0.25, -0.2) is 5.43 Å². The Labute approximate surface area is 159 Å². The largest absolute Gasteiger partial charge is 0.484 e. The van der Waals surface area contributed by atoms with E-state index in [2.05, 4.69) is 15.5 Å². The van der Waals surface area contributed by atoms with E-state index in [1.54, 1.807) is 42.3 Å². The van der Waals surface area contributed by atoms with Gasteiger partial charge in [-0.1, -0.05) is 0 Å². The van der Waals surface area contributed by atoms with Crippen LogP contribution in [0.3, 0.4) is 0 Å². The average molecular weight is 368 g/mol. The molecule has 0 aliphatic rings. The van der Waals surface area contributed by atoms with Gasteiger partial charge in [0.1, 0.15) is 5.75 Å². The Morgan fingerprint density at radius 3 is 2.41 bits per heavy atom. The van der Waals surface area contributed by atoms with E-state index >= 15 is 0 Å². The Morgan fingerprint density at radius 1 is 1.11 bits per heavy atom. The van der Waals surface area contributed by atoms with E-state index in [1.165, 1.54) is 6.20 Å².